The fourth-order valence-electron chi connectivity index (χ4n) is 2.49. The lowest BCUT2D eigenvalue weighted by Gasteiger charge is -2.19. The Hall–Kier alpha value is -1.98. The molecule has 2 aromatic rings. The Morgan fingerprint density at radius 1 is 1.04 bits per heavy atom. The van der Waals surface area contributed by atoms with Gasteiger partial charge in [0, 0.05) is 11.6 Å². The molecule has 2 amide bonds. The van der Waals surface area contributed by atoms with Crippen LogP contribution in [0.25, 0.3) is 0 Å². The van der Waals surface area contributed by atoms with Gasteiger partial charge in [-0.3, -0.25) is 9.59 Å². The van der Waals surface area contributed by atoms with Gasteiger partial charge >= 0.3 is 0 Å². The van der Waals surface area contributed by atoms with Crippen molar-refractivity contribution in [3.63, 3.8) is 0 Å². The third kappa shape index (κ3) is 6.07. The number of benzene rings is 2. The molecule has 2 unspecified atom stereocenters. The molecule has 2 rings (SSSR count). The molecule has 0 spiro atoms. The molecule has 6 heteroatoms. The van der Waals surface area contributed by atoms with E-state index in [0.717, 1.165) is 11.1 Å². The van der Waals surface area contributed by atoms with Crippen molar-refractivity contribution < 1.29 is 9.59 Å². The van der Waals surface area contributed by atoms with E-state index >= 15 is 0 Å². The topological polar surface area (TPSA) is 58.2 Å². The molecule has 0 aromatic heterocycles. The number of halogens is 1. The smallest absolute Gasteiger partial charge is 0.242 e. The van der Waals surface area contributed by atoms with Crippen LogP contribution >= 0.6 is 23.4 Å². The summed E-state index contributed by atoms with van der Waals surface area (Å²) in [5.74, 6) is -0.0850. The van der Waals surface area contributed by atoms with Crippen LogP contribution in [-0.4, -0.2) is 30.2 Å². The molecule has 0 fully saturated rings. The van der Waals surface area contributed by atoms with Gasteiger partial charge in [0.25, 0.3) is 0 Å². The molecular formula is C20H23ClN2O2S. The van der Waals surface area contributed by atoms with E-state index in [2.05, 4.69) is 10.6 Å². The Morgan fingerprint density at radius 3 is 2.27 bits per heavy atom. The summed E-state index contributed by atoms with van der Waals surface area (Å²) in [6.45, 7) is 4.07. The predicted octanol–water partition coefficient (Wildman–Crippen LogP) is 3.80. The summed E-state index contributed by atoms with van der Waals surface area (Å²) in [6.07, 6.45) is 0. The quantitative estimate of drug-likeness (QED) is 0.720. The molecule has 2 atom stereocenters. The first-order valence-electron chi connectivity index (χ1n) is 8.50. The average molecular weight is 391 g/mol. The maximum atomic E-state index is 12.3. The number of carbonyl (C=O) groups excluding carboxylic acids is 2. The van der Waals surface area contributed by atoms with Crippen molar-refractivity contribution in [2.24, 2.45) is 0 Å². The molecule has 0 aliphatic rings. The highest BCUT2D eigenvalue weighted by molar-refractivity contribution is 8.00. The fraction of sp³-hybridized carbons (Fsp3) is 0.300. The van der Waals surface area contributed by atoms with Gasteiger partial charge in [0.1, 0.15) is 6.04 Å². The van der Waals surface area contributed by atoms with Gasteiger partial charge in [-0.05, 0) is 37.1 Å². The molecule has 2 aromatic carbocycles. The van der Waals surface area contributed by atoms with Gasteiger partial charge in [0.2, 0.25) is 11.8 Å². The molecule has 4 nitrogen and oxygen atoms in total. The van der Waals surface area contributed by atoms with Crippen molar-refractivity contribution in [2.75, 3.05) is 12.3 Å². The van der Waals surface area contributed by atoms with Crippen LogP contribution in [0.1, 0.15) is 30.2 Å². The van der Waals surface area contributed by atoms with Crippen molar-refractivity contribution in [1.82, 2.24) is 10.6 Å². The summed E-state index contributed by atoms with van der Waals surface area (Å²) in [7, 11) is 0. The van der Waals surface area contributed by atoms with E-state index in [9.17, 15) is 9.59 Å². The van der Waals surface area contributed by atoms with E-state index in [1.165, 1.54) is 11.8 Å². The van der Waals surface area contributed by atoms with Crippen LogP contribution in [0.5, 0.6) is 0 Å². The molecular weight excluding hydrogens is 368 g/mol. The highest BCUT2D eigenvalue weighted by Gasteiger charge is 2.19. The standard InChI is InChI=1S/C20H23ClN2O2S/c1-3-22-20(25)14(2)23-18(24)13-26-19(15-7-5-4-6-8-15)16-9-11-17(21)12-10-16/h4-12,14,19H,3,13H2,1-2H3,(H,22,25)(H,23,24). The van der Waals surface area contributed by atoms with Crippen LogP contribution in [0, 0.1) is 0 Å². The Labute approximate surface area is 163 Å². The molecule has 26 heavy (non-hydrogen) atoms. The molecule has 0 heterocycles. The fourth-order valence-corrected chi connectivity index (χ4v) is 3.71. The van der Waals surface area contributed by atoms with E-state index < -0.39 is 6.04 Å². The largest absolute Gasteiger partial charge is 0.355 e. The number of hydrogen-bond acceptors (Lipinski definition) is 3. The summed E-state index contributed by atoms with van der Waals surface area (Å²) >= 11 is 7.52. The number of nitrogens with one attached hydrogen (secondary N) is 2. The van der Waals surface area contributed by atoms with Gasteiger partial charge in [-0.25, -0.2) is 0 Å². The number of rotatable bonds is 8. The van der Waals surface area contributed by atoms with Crippen molar-refractivity contribution in [3.8, 4) is 0 Å². The lowest BCUT2D eigenvalue weighted by Crippen LogP contribution is -2.45. The first kappa shape index (κ1) is 20.3. The van der Waals surface area contributed by atoms with Gasteiger partial charge in [-0.2, -0.15) is 0 Å². The van der Waals surface area contributed by atoms with Gasteiger partial charge in [-0.15, -0.1) is 11.8 Å². The van der Waals surface area contributed by atoms with Crippen molar-refractivity contribution >= 4 is 35.2 Å². The van der Waals surface area contributed by atoms with E-state index in [-0.39, 0.29) is 22.8 Å². The second-order valence-corrected chi connectivity index (χ2v) is 7.37. The summed E-state index contributed by atoms with van der Waals surface area (Å²) < 4.78 is 0. The highest BCUT2D eigenvalue weighted by atomic mass is 35.5. The normalized spacial score (nSPS) is 12.9. The Kier molecular flexibility index (Phi) is 8.01. The zero-order valence-electron chi connectivity index (χ0n) is 14.9. The van der Waals surface area contributed by atoms with E-state index in [1.807, 2.05) is 61.5 Å². The van der Waals surface area contributed by atoms with Crippen molar-refractivity contribution in [1.29, 1.82) is 0 Å². The van der Waals surface area contributed by atoms with Gasteiger partial charge < -0.3 is 10.6 Å². The molecule has 138 valence electrons. The molecule has 0 aliphatic heterocycles. The van der Waals surface area contributed by atoms with E-state index in [1.54, 1.807) is 6.92 Å². The minimum atomic E-state index is -0.547. The molecule has 2 N–H and O–H groups in total. The van der Waals surface area contributed by atoms with Gasteiger partial charge in [0.15, 0.2) is 0 Å². The highest BCUT2D eigenvalue weighted by Crippen LogP contribution is 2.35. The molecule has 0 radical (unpaired) electrons. The SMILES string of the molecule is CCNC(=O)C(C)NC(=O)CSC(c1ccccc1)c1ccc(Cl)cc1. The number of likely N-dealkylation sites (N-methyl/N-ethyl adjacent to an activating group) is 1. The summed E-state index contributed by atoms with van der Waals surface area (Å²) in [5.41, 5.74) is 2.19. The minimum Gasteiger partial charge on any atom is -0.355 e. The monoisotopic (exact) mass is 390 g/mol. The third-order valence-electron chi connectivity index (χ3n) is 3.78. The molecule has 0 saturated carbocycles. The Morgan fingerprint density at radius 2 is 1.65 bits per heavy atom. The Bertz CT molecular complexity index is 722. The lowest BCUT2D eigenvalue weighted by molar-refractivity contribution is -0.127. The first-order chi connectivity index (χ1) is 12.5. The number of amides is 2. The molecule has 0 bridgehead atoms. The van der Waals surface area contributed by atoms with Crippen LogP contribution in [0.15, 0.2) is 54.6 Å². The second-order valence-electron chi connectivity index (χ2n) is 5.84. The Balaban J connectivity index is 2.04. The maximum Gasteiger partial charge on any atom is 0.242 e. The van der Waals surface area contributed by atoms with E-state index in [0.29, 0.717) is 11.6 Å². The van der Waals surface area contributed by atoms with Crippen LogP contribution in [-0.2, 0) is 9.59 Å². The summed E-state index contributed by atoms with van der Waals surface area (Å²) in [6, 6.07) is 17.1. The van der Waals surface area contributed by atoms with Crippen LogP contribution in [0.3, 0.4) is 0 Å². The van der Waals surface area contributed by atoms with Crippen molar-refractivity contribution in [2.45, 2.75) is 25.1 Å². The molecule has 0 saturated heterocycles. The van der Waals surface area contributed by atoms with Crippen LogP contribution in [0.4, 0.5) is 0 Å². The van der Waals surface area contributed by atoms with Gasteiger partial charge in [0.05, 0.1) is 11.0 Å². The number of thioether (sulfide) groups is 1. The minimum absolute atomic E-state index is 0.0130. The van der Waals surface area contributed by atoms with Crippen LogP contribution in [0.2, 0.25) is 5.02 Å². The molecule has 0 aliphatic carbocycles. The third-order valence-corrected chi connectivity index (χ3v) is 5.34. The van der Waals surface area contributed by atoms with E-state index in [4.69, 9.17) is 11.6 Å². The maximum absolute atomic E-state index is 12.3. The second kappa shape index (κ2) is 10.2. The zero-order chi connectivity index (χ0) is 18.9. The lowest BCUT2D eigenvalue weighted by atomic mass is 10.0. The predicted molar refractivity (Wildman–Crippen MR) is 108 cm³/mol. The first-order valence-corrected chi connectivity index (χ1v) is 9.93. The van der Waals surface area contributed by atoms with Crippen LogP contribution < -0.4 is 10.6 Å². The number of hydrogen-bond donors (Lipinski definition) is 2. The van der Waals surface area contributed by atoms with Crippen molar-refractivity contribution in [3.05, 3.63) is 70.7 Å². The number of carbonyl (C=O) groups is 2. The summed E-state index contributed by atoms with van der Waals surface area (Å²) in [4.78, 5) is 24.0. The zero-order valence-corrected chi connectivity index (χ0v) is 16.4. The summed E-state index contributed by atoms with van der Waals surface area (Å²) in [5, 5.41) is 6.13. The van der Waals surface area contributed by atoms with Gasteiger partial charge in [-0.1, -0.05) is 54.1 Å². The average Bonchev–Trinajstić information content (AvgIpc) is 2.64.